The molecule has 1 heterocycles. The van der Waals surface area contributed by atoms with E-state index in [1.54, 1.807) is 0 Å². The topological polar surface area (TPSA) is 73.6 Å². The first kappa shape index (κ1) is 18.7. The molecule has 0 spiro atoms. The Morgan fingerprint density at radius 3 is 2.55 bits per heavy atom. The lowest BCUT2D eigenvalue weighted by molar-refractivity contribution is -0.136. The van der Waals surface area contributed by atoms with Crippen LogP contribution in [-0.4, -0.2) is 38.8 Å². The van der Waals surface area contributed by atoms with Gasteiger partial charge in [-0.15, -0.1) is 12.4 Å². The maximum atomic E-state index is 12.3. The van der Waals surface area contributed by atoms with Crippen molar-refractivity contribution in [1.29, 1.82) is 0 Å². The number of nitrogens with one attached hydrogen (secondary N) is 1. The highest BCUT2D eigenvalue weighted by molar-refractivity contribution is 5.85. The number of hydrogen-bond acceptors (Lipinski definition) is 4. The van der Waals surface area contributed by atoms with Crippen LogP contribution in [0.5, 0.6) is 5.75 Å². The molecule has 0 bridgehead atoms. The van der Waals surface area contributed by atoms with E-state index in [-0.39, 0.29) is 18.3 Å². The standard InChI is InChI=1S/C16H24N2O3.ClH/c1-13-2-4-14(5-3-13)21-11-8-18-15(19)16(12-17)6-9-20-10-7-16;/h2-5H,6-12,17H2,1H3,(H,18,19);1H. The molecule has 1 saturated heterocycles. The van der Waals surface area contributed by atoms with Crippen molar-refractivity contribution >= 4 is 18.3 Å². The number of rotatable bonds is 6. The number of carbonyl (C=O) groups excluding carboxylic acids is 1. The van der Waals surface area contributed by atoms with E-state index in [4.69, 9.17) is 15.2 Å². The summed E-state index contributed by atoms with van der Waals surface area (Å²) in [4.78, 5) is 12.3. The van der Waals surface area contributed by atoms with E-state index in [9.17, 15) is 4.79 Å². The number of benzene rings is 1. The molecule has 1 aliphatic rings. The van der Waals surface area contributed by atoms with Crippen LogP contribution < -0.4 is 15.8 Å². The van der Waals surface area contributed by atoms with Crippen molar-refractivity contribution in [2.75, 3.05) is 32.9 Å². The number of hydrogen-bond donors (Lipinski definition) is 2. The van der Waals surface area contributed by atoms with Gasteiger partial charge in [-0.25, -0.2) is 0 Å². The fraction of sp³-hybridized carbons (Fsp3) is 0.562. The Balaban J connectivity index is 0.00000242. The van der Waals surface area contributed by atoms with Crippen LogP contribution >= 0.6 is 12.4 Å². The minimum absolute atomic E-state index is 0. The first-order chi connectivity index (χ1) is 10.2. The van der Waals surface area contributed by atoms with Gasteiger partial charge in [0.1, 0.15) is 12.4 Å². The van der Waals surface area contributed by atoms with E-state index in [0.29, 0.717) is 45.8 Å². The van der Waals surface area contributed by atoms with E-state index >= 15 is 0 Å². The molecule has 0 aliphatic carbocycles. The summed E-state index contributed by atoms with van der Waals surface area (Å²) in [5.74, 6) is 0.829. The summed E-state index contributed by atoms with van der Waals surface area (Å²) in [7, 11) is 0. The van der Waals surface area contributed by atoms with Crippen LogP contribution in [0.4, 0.5) is 0 Å². The second-order valence-electron chi connectivity index (χ2n) is 5.51. The summed E-state index contributed by atoms with van der Waals surface area (Å²) < 4.78 is 10.9. The van der Waals surface area contributed by atoms with Crippen LogP contribution in [0.3, 0.4) is 0 Å². The van der Waals surface area contributed by atoms with Gasteiger partial charge in [0.05, 0.1) is 12.0 Å². The van der Waals surface area contributed by atoms with Gasteiger partial charge >= 0.3 is 0 Å². The number of carbonyl (C=O) groups is 1. The normalized spacial score (nSPS) is 16.5. The van der Waals surface area contributed by atoms with Gasteiger partial charge in [0.25, 0.3) is 0 Å². The van der Waals surface area contributed by atoms with Crippen LogP contribution in [0.25, 0.3) is 0 Å². The Kier molecular flexibility index (Phi) is 7.65. The predicted octanol–water partition coefficient (Wildman–Crippen LogP) is 1.67. The minimum Gasteiger partial charge on any atom is -0.492 e. The molecule has 0 aromatic heterocycles. The second kappa shape index (κ2) is 8.98. The summed E-state index contributed by atoms with van der Waals surface area (Å²) >= 11 is 0. The summed E-state index contributed by atoms with van der Waals surface area (Å²) in [6.45, 7) is 4.53. The van der Waals surface area contributed by atoms with Crippen molar-refractivity contribution in [3.63, 3.8) is 0 Å². The lowest BCUT2D eigenvalue weighted by Gasteiger charge is -2.34. The monoisotopic (exact) mass is 328 g/mol. The Hall–Kier alpha value is -1.30. The molecule has 1 amide bonds. The molecule has 1 aromatic rings. The van der Waals surface area contributed by atoms with E-state index in [2.05, 4.69) is 5.32 Å². The third-order valence-electron chi connectivity index (χ3n) is 4.00. The van der Waals surface area contributed by atoms with E-state index in [1.807, 2.05) is 31.2 Å². The van der Waals surface area contributed by atoms with Crippen molar-refractivity contribution in [2.24, 2.45) is 11.1 Å². The molecule has 5 nitrogen and oxygen atoms in total. The third kappa shape index (κ3) is 4.87. The lowest BCUT2D eigenvalue weighted by Crippen LogP contribution is -2.49. The number of halogens is 1. The van der Waals surface area contributed by atoms with Crippen LogP contribution in [0.15, 0.2) is 24.3 Å². The SMILES string of the molecule is Cc1ccc(OCCNC(=O)C2(CN)CCOCC2)cc1.Cl. The molecule has 2 rings (SSSR count). The van der Waals surface area contributed by atoms with Crippen molar-refractivity contribution in [3.05, 3.63) is 29.8 Å². The molecule has 1 fully saturated rings. The zero-order valence-corrected chi connectivity index (χ0v) is 13.8. The Labute approximate surface area is 138 Å². The van der Waals surface area contributed by atoms with Crippen molar-refractivity contribution in [1.82, 2.24) is 5.32 Å². The largest absolute Gasteiger partial charge is 0.492 e. The molecular weight excluding hydrogens is 304 g/mol. The molecule has 22 heavy (non-hydrogen) atoms. The van der Waals surface area contributed by atoms with E-state index < -0.39 is 5.41 Å². The average Bonchev–Trinajstić information content (AvgIpc) is 2.53. The summed E-state index contributed by atoms with van der Waals surface area (Å²) in [6.07, 6.45) is 1.38. The lowest BCUT2D eigenvalue weighted by atomic mass is 9.79. The molecule has 0 saturated carbocycles. The summed E-state index contributed by atoms with van der Waals surface area (Å²) in [6, 6.07) is 7.85. The van der Waals surface area contributed by atoms with Crippen LogP contribution in [0.2, 0.25) is 0 Å². The van der Waals surface area contributed by atoms with Gasteiger partial charge in [0.15, 0.2) is 0 Å². The smallest absolute Gasteiger partial charge is 0.227 e. The quantitative estimate of drug-likeness (QED) is 0.779. The average molecular weight is 329 g/mol. The summed E-state index contributed by atoms with van der Waals surface area (Å²) in [5, 5.41) is 2.93. The first-order valence-corrected chi connectivity index (χ1v) is 7.42. The Morgan fingerprint density at radius 1 is 1.32 bits per heavy atom. The molecule has 0 radical (unpaired) electrons. The van der Waals surface area contributed by atoms with Crippen LogP contribution in [-0.2, 0) is 9.53 Å². The zero-order chi connectivity index (χ0) is 15.1. The molecular formula is C16H25ClN2O3. The van der Waals surface area contributed by atoms with Crippen molar-refractivity contribution in [2.45, 2.75) is 19.8 Å². The molecule has 0 atom stereocenters. The molecule has 124 valence electrons. The highest BCUT2D eigenvalue weighted by atomic mass is 35.5. The molecule has 6 heteroatoms. The van der Waals surface area contributed by atoms with E-state index in [1.165, 1.54) is 5.56 Å². The van der Waals surface area contributed by atoms with Gasteiger partial charge in [0, 0.05) is 19.8 Å². The third-order valence-corrected chi connectivity index (χ3v) is 4.00. The number of nitrogens with two attached hydrogens (primary N) is 1. The first-order valence-electron chi connectivity index (χ1n) is 7.42. The fourth-order valence-electron chi connectivity index (χ4n) is 2.44. The number of ether oxygens (including phenoxy) is 2. The van der Waals surface area contributed by atoms with Gasteiger partial charge < -0.3 is 20.5 Å². The number of aryl methyl sites for hydroxylation is 1. The van der Waals surface area contributed by atoms with E-state index in [0.717, 1.165) is 5.75 Å². The molecule has 1 aromatic carbocycles. The molecule has 3 N–H and O–H groups in total. The molecule has 0 unspecified atom stereocenters. The Bertz CT molecular complexity index is 459. The highest BCUT2D eigenvalue weighted by Gasteiger charge is 2.38. The molecule has 1 aliphatic heterocycles. The van der Waals surface area contributed by atoms with Crippen molar-refractivity contribution in [3.8, 4) is 5.75 Å². The zero-order valence-electron chi connectivity index (χ0n) is 13.0. The Morgan fingerprint density at radius 2 is 1.95 bits per heavy atom. The van der Waals surface area contributed by atoms with Crippen LogP contribution in [0.1, 0.15) is 18.4 Å². The minimum atomic E-state index is -0.470. The maximum absolute atomic E-state index is 12.3. The van der Waals surface area contributed by atoms with Gasteiger partial charge in [-0.2, -0.15) is 0 Å². The fourth-order valence-corrected chi connectivity index (χ4v) is 2.44. The number of amides is 1. The van der Waals surface area contributed by atoms with Gasteiger partial charge in [-0.05, 0) is 31.9 Å². The second-order valence-corrected chi connectivity index (χ2v) is 5.51. The highest BCUT2D eigenvalue weighted by Crippen LogP contribution is 2.29. The van der Waals surface area contributed by atoms with Gasteiger partial charge in [0.2, 0.25) is 5.91 Å². The van der Waals surface area contributed by atoms with Crippen molar-refractivity contribution < 1.29 is 14.3 Å². The maximum Gasteiger partial charge on any atom is 0.227 e. The van der Waals surface area contributed by atoms with Crippen LogP contribution in [0, 0.1) is 12.3 Å². The van der Waals surface area contributed by atoms with Gasteiger partial charge in [-0.3, -0.25) is 4.79 Å². The van der Waals surface area contributed by atoms with Gasteiger partial charge in [-0.1, -0.05) is 17.7 Å². The predicted molar refractivity (Wildman–Crippen MR) is 88.5 cm³/mol. The summed E-state index contributed by atoms with van der Waals surface area (Å²) in [5.41, 5.74) is 6.53.